The zero-order valence-electron chi connectivity index (χ0n) is 9.59. The summed E-state index contributed by atoms with van der Waals surface area (Å²) in [5.41, 5.74) is 5.97. The molecule has 7 nitrogen and oxygen atoms in total. The summed E-state index contributed by atoms with van der Waals surface area (Å²) in [5, 5.41) is 10.3. The Hall–Kier alpha value is -1.96. The minimum Gasteiger partial charge on any atom is -0.383 e. The first kappa shape index (κ1) is 12.5. The van der Waals surface area contributed by atoms with E-state index in [4.69, 9.17) is 5.73 Å². The Morgan fingerprint density at radius 3 is 3.06 bits per heavy atom. The van der Waals surface area contributed by atoms with Crippen LogP contribution in [0.25, 0.3) is 0 Å². The standard InChI is InChI=1S/C10H11BrN6O/c1-17-5-15-16-8(17)4-14-10(18)7-2-6(11)3-13-9(7)12/h2-3,5H,4H2,1H3,(H2,12,13)(H,14,18). The van der Waals surface area contributed by atoms with E-state index in [9.17, 15) is 4.79 Å². The molecule has 0 aromatic carbocycles. The Kier molecular flexibility index (Phi) is 3.56. The molecule has 3 N–H and O–H groups in total. The SMILES string of the molecule is Cn1cnnc1CNC(=O)c1cc(Br)cnc1N. The molecule has 8 heteroatoms. The van der Waals surface area contributed by atoms with E-state index >= 15 is 0 Å². The molecular weight excluding hydrogens is 300 g/mol. The van der Waals surface area contributed by atoms with Crippen LogP contribution >= 0.6 is 15.9 Å². The highest BCUT2D eigenvalue weighted by Gasteiger charge is 2.12. The van der Waals surface area contributed by atoms with Crippen LogP contribution in [0.5, 0.6) is 0 Å². The molecule has 0 aliphatic rings. The van der Waals surface area contributed by atoms with Gasteiger partial charge in [0, 0.05) is 17.7 Å². The minimum absolute atomic E-state index is 0.189. The van der Waals surface area contributed by atoms with E-state index in [2.05, 4.69) is 36.4 Å². The van der Waals surface area contributed by atoms with Gasteiger partial charge in [-0.1, -0.05) is 0 Å². The molecule has 2 rings (SSSR count). The number of aryl methyl sites for hydroxylation is 1. The van der Waals surface area contributed by atoms with Crippen molar-refractivity contribution in [3.63, 3.8) is 0 Å². The van der Waals surface area contributed by atoms with E-state index in [-0.39, 0.29) is 18.3 Å². The van der Waals surface area contributed by atoms with Crippen LogP contribution in [0, 0.1) is 0 Å². The van der Waals surface area contributed by atoms with Crippen molar-refractivity contribution in [2.24, 2.45) is 7.05 Å². The summed E-state index contributed by atoms with van der Waals surface area (Å²) in [6, 6.07) is 1.62. The Balaban J connectivity index is 2.08. The van der Waals surface area contributed by atoms with Gasteiger partial charge >= 0.3 is 0 Å². The van der Waals surface area contributed by atoms with E-state index < -0.39 is 0 Å². The van der Waals surface area contributed by atoms with Crippen molar-refractivity contribution in [3.8, 4) is 0 Å². The molecule has 0 spiro atoms. The molecule has 2 aromatic heterocycles. The van der Waals surface area contributed by atoms with Gasteiger partial charge in [-0.15, -0.1) is 10.2 Å². The molecule has 1 amide bonds. The van der Waals surface area contributed by atoms with Gasteiger partial charge in [0.1, 0.15) is 12.1 Å². The van der Waals surface area contributed by atoms with Crippen molar-refractivity contribution >= 4 is 27.7 Å². The molecule has 0 atom stereocenters. The third-order valence-corrected chi connectivity index (χ3v) is 2.78. The first-order valence-corrected chi connectivity index (χ1v) is 5.89. The van der Waals surface area contributed by atoms with Gasteiger partial charge in [0.25, 0.3) is 5.91 Å². The van der Waals surface area contributed by atoms with Crippen molar-refractivity contribution in [2.45, 2.75) is 6.54 Å². The van der Waals surface area contributed by atoms with Crippen molar-refractivity contribution in [1.82, 2.24) is 25.1 Å². The molecule has 2 heterocycles. The van der Waals surface area contributed by atoms with Gasteiger partial charge < -0.3 is 15.6 Å². The summed E-state index contributed by atoms with van der Waals surface area (Å²) in [6.07, 6.45) is 3.10. The average molecular weight is 311 g/mol. The summed E-state index contributed by atoms with van der Waals surface area (Å²) in [4.78, 5) is 15.8. The predicted octanol–water partition coefficient (Wildman–Crippen LogP) is 0.485. The first-order chi connectivity index (χ1) is 8.58. The van der Waals surface area contributed by atoms with Crippen LogP contribution in [0.1, 0.15) is 16.2 Å². The number of nitrogens with zero attached hydrogens (tertiary/aromatic N) is 4. The molecule has 0 aliphatic heterocycles. The van der Waals surface area contributed by atoms with Crippen LogP contribution < -0.4 is 11.1 Å². The normalized spacial score (nSPS) is 10.3. The minimum atomic E-state index is -0.302. The maximum absolute atomic E-state index is 11.9. The van der Waals surface area contributed by atoms with Gasteiger partial charge in [-0.3, -0.25) is 4.79 Å². The Morgan fingerprint density at radius 1 is 1.61 bits per heavy atom. The van der Waals surface area contributed by atoms with E-state index in [1.165, 1.54) is 6.20 Å². The van der Waals surface area contributed by atoms with Crippen LogP contribution in [0.3, 0.4) is 0 Å². The third-order valence-electron chi connectivity index (χ3n) is 2.34. The smallest absolute Gasteiger partial charge is 0.255 e. The molecule has 0 saturated heterocycles. The van der Waals surface area contributed by atoms with Crippen molar-refractivity contribution in [3.05, 3.63) is 34.5 Å². The average Bonchev–Trinajstić information content (AvgIpc) is 2.75. The van der Waals surface area contributed by atoms with Crippen LogP contribution in [0.4, 0.5) is 5.82 Å². The summed E-state index contributed by atoms with van der Waals surface area (Å²) in [6.45, 7) is 0.279. The number of pyridine rings is 1. The molecule has 0 radical (unpaired) electrons. The molecule has 18 heavy (non-hydrogen) atoms. The van der Waals surface area contributed by atoms with Gasteiger partial charge in [0.15, 0.2) is 5.82 Å². The lowest BCUT2D eigenvalue weighted by Crippen LogP contribution is -2.25. The first-order valence-electron chi connectivity index (χ1n) is 5.10. The van der Waals surface area contributed by atoms with Crippen LogP contribution in [-0.2, 0) is 13.6 Å². The van der Waals surface area contributed by atoms with Gasteiger partial charge in [-0.05, 0) is 22.0 Å². The highest BCUT2D eigenvalue weighted by atomic mass is 79.9. The highest BCUT2D eigenvalue weighted by Crippen LogP contribution is 2.15. The number of anilines is 1. The molecule has 2 aromatic rings. The van der Waals surface area contributed by atoms with E-state index in [1.807, 2.05) is 0 Å². The topological polar surface area (TPSA) is 98.7 Å². The van der Waals surface area contributed by atoms with E-state index in [1.54, 1.807) is 24.0 Å². The maximum Gasteiger partial charge on any atom is 0.255 e. The highest BCUT2D eigenvalue weighted by molar-refractivity contribution is 9.10. The number of nitrogens with two attached hydrogens (primary N) is 1. The molecule has 0 aliphatic carbocycles. The van der Waals surface area contributed by atoms with Gasteiger partial charge in [0.05, 0.1) is 12.1 Å². The number of hydrogen-bond acceptors (Lipinski definition) is 5. The van der Waals surface area contributed by atoms with Crippen LogP contribution in [0.2, 0.25) is 0 Å². The maximum atomic E-state index is 11.9. The number of halogens is 1. The molecule has 0 bridgehead atoms. The quantitative estimate of drug-likeness (QED) is 0.859. The molecule has 0 unspecified atom stereocenters. The fourth-order valence-electron chi connectivity index (χ4n) is 1.35. The lowest BCUT2D eigenvalue weighted by atomic mass is 10.2. The number of amides is 1. The second-order valence-electron chi connectivity index (χ2n) is 3.63. The zero-order chi connectivity index (χ0) is 13.1. The van der Waals surface area contributed by atoms with Crippen molar-refractivity contribution in [2.75, 3.05) is 5.73 Å². The number of aromatic nitrogens is 4. The number of carbonyl (C=O) groups is 1. The van der Waals surface area contributed by atoms with Crippen molar-refractivity contribution < 1.29 is 4.79 Å². The second kappa shape index (κ2) is 5.13. The summed E-state index contributed by atoms with van der Waals surface area (Å²) in [7, 11) is 1.80. The number of rotatable bonds is 3. The molecular formula is C10H11BrN6O. The lowest BCUT2D eigenvalue weighted by Gasteiger charge is -2.06. The Labute approximate surface area is 112 Å². The van der Waals surface area contributed by atoms with Gasteiger partial charge in [0.2, 0.25) is 0 Å². The Bertz CT molecular complexity index is 581. The second-order valence-corrected chi connectivity index (χ2v) is 4.54. The van der Waals surface area contributed by atoms with Gasteiger partial charge in [-0.25, -0.2) is 4.98 Å². The summed E-state index contributed by atoms with van der Waals surface area (Å²) in [5.74, 6) is 0.544. The number of carbonyl (C=O) groups excluding carboxylic acids is 1. The van der Waals surface area contributed by atoms with Gasteiger partial charge in [-0.2, -0.15) is 0 Å². The fraction of sp³-hybridized carbons (Fsp3) is 0.200. The predicted molar refractivity (Wildman–Crippen MR) is 68.5 cm³/mol. The molecule has 0 saturated carbocycles. The lowest BCUT2D eigenvalue weighted by molar-refractivity contribution is 0.0950. The van der Waals surface area contributed by atoms with Crippen LogP contribution in [0.15, 0.2) is 23.1 Å². The third kappa shape index (κ3) is 2.65. The monoisotopic (exact) mass is 310 g/mol. The summed E-state index contributed by atoms with van der Waals surface area (Å²) >= 11 is 3.24. The fourth-order valence-corrected chi connectivity index (χ4v) is 1.68. The van der Waals surface area contributed by atoms with Crippen molar-refractivity contribution in [1.29, 1.82) is 0 Å². The number of hydrogen-bond donors (Lipinski definition) is 2. The summed E-state index contributed by atoms with van der Waals surface area (Å²) < 4.78 is 2.42. The zero-order valence-corrected chi connectivity index (χ0v) is 11.2. The number of nitrogens with one attached hydrogen (secondary N) is 1. The molecule has 94 valence electrons. The van der Waals surface area contributed by atoms with Crippen LogP contribution in [-0.4, -0.2) is 25.7 Å². The largest absolute Gasteiger partial charge is 0.383 e. The number of nitrogen functional groups attached to an aromatic ring is 1. The Morgan fingerprint density at radius 2 is 2.39 bits per heavy atom. The molecule has 0 fully saturated rings. The van der Waals surface area contributed by atoms with E-state index in [0.717, 1.165) is 0 Å². The van der Waals surface area contributed by atoms with E-state index in [0.29, 0.717) is 15.9 Å².